The molecule has 1 aromatic heterocycles. The quantitative estimate of drug-likeness (QED) is 0.737. The molecule has 0 aliphatic carbocycles. The van der Waals surface area contributed by atoms with E-state index in [1.165, 1.54) is 11.8 Å². The lowest BCUT2D eigenvalue weighted by Crippen LogP contribution is -2.51. The number of ether oxygens (including phenoxy) is 2. The Morgan fingerprint density at radius 2 is 2.00 bits per heavy atom. The summed E-state index contributed by atoms with van der Waals surface area (Å²) in [5.41, 5.74) is 2.56. The Hall–Kier alpha value is -3.01. The van der Waals surface area contributed by atoms with Crippen LogP contribution < -0.4 is 9.80 Å². The molecule has 1 atom stereocenters. The van der Waals surface area contributed by atoms with Gasteiger partial charge in [-0.1, -0.05) is 6.07 Å². The Bertz CT molecular complexity index is 1000. The molecule has 0 radical (unpaired) electrons. The largest absolute Gasteiger partial charge is 0.443 e. The predicted octanol–water partition coefficient (Wildman–Crippen LogP) is 3.47. The van der Waals surface area contributed by atoms with Crippen LogP contribution >= 0.6 is 0 Å². The fourth-order valence-corrected chi connectivity index (χ4v) is 3.79. The zero-order valence-corrected chi connectivity index (χ0v) is 17.5. The molecule has 0 bridgehead atoms. The molecule has 2 aliphatic heterocycles. The van der Waals surface area contributed by atoms with Gasteiger partial charge in [0.25, 0.3) is 5.92 Å². The van der Waals surface area contributed by atoms with Crippen molar-refractivity contribution >= 4 is 23.4 Å². The van der Waals surface area contributed by atoms with Crippen molar-refractivity contribution in [1.82, 2.24) is 9.78 Å². The molecule has 4 rings (SSSR count). The SMILES string of the molecule is CC(=O)N1c2ccc(-c3cnn(C4COC4)c3)cc2N(C(=O)OCC(C)(F)F)C[C@@H]1C. The molecule has 8 nitrogen and oxygen atoms in total. The van der Waals surface area contributed by atoms with Crippen molar-refractivity contribution in [3.8, 4) is 11.1 Å². The summed E-state index contributed by atoms with van der Waals surface area (Å²) in [6.45, 7) is 4.26. The van der Waals surface area contributed by atoms with Crippen LogP contribution in [0.3, 0.4) is 0 Å². The number of hydrogen-bond donors (Lipinski definition) is 0. The molecule has 0 spiro atoms. The van der Waals surface area contributed by atoms with E-state index in [1.807, 2.05) is 16.9 Å². The Morgan fingerprint density at radius 1 is 1.26 bits per heavy atom. The zero-order chi connectivity index (χ0) is 22.3. The average molecular weight is 434 g/mol. The van der Waals surface area contributed by atoms with Gasteiger partial charge in [-0.3, -0.25) is 14.4 Å². The fraction of sp³-hybridized carbons (Fsp3) is 0.476. The molecular weight excluding hydrogens is 410 g/mol. The first-order valence-corrected chi connectivity index (χ1v) is 10.0. The number of rotatable bonds is 4. The topological polar surface area (TPSA) is 76.9 Å². The number of amides is 2. The Kier molecular flexibility index (Phi) is 5.42. The van der Waals surface area contributed by atoms with E-state index in [4.69, 9.17) is 9.47 Å². The van der Waals surface area contributed by atoms with Crippen LogP contribution in [0.4, 0.5) is 25.0 Å². The fourth-order valence-electron chi connectivity index (χ4n) is 3.79. The van der Waals surface area contributed by atoms with Crippen LogP contribution in [-0.2, 0) is 14.3 Å². The number of fused-ring (bicyclic) bond motifs is 1. The summed E-state index contributed by atoms with van der Waals surface area (Å²) in [5.74, 6) is -3.31. The molecule has 2 aromatic rings. The van der Waals surface area contributed by atoms with E-state index in [-0.39, 0.29) is 24.5 Å². The van der Waals surface area contributed by atoms with E-state index in [1.54, 1.807) is 30.2 Å². The van der Waals surface area contributed by atoms with E-state index in [0.717, 1.165) is 11.1 Å². The summed E-state index contributed by atoms with van der Waals surface area (Å²) < 4.78 is 38.3. The van der Waals surface area contributed by atoms with E-state index >= 15 is 0 Å². The van der Waals surface area contributed by atoms with Crippen molar-refractivity contribution in [2.75, 3.05) is 36.2 Å². The minimum absolute atomic E-state index is 0.128. The number of anilines is 2. The molecule has 2 aliphatic rings. The van der Waals surface area contributed by atoms with Gasteiger partial charge in [-0.15, -0.1) is 0 Å². The summed E-state index contributed by atoms with van der Waals surface area (Å²) in [6, 6.07) is 5.20. The van der Waals surface area contributed by atoms with Crippen LogP contribution in [0.25, 0.3) is 11.1 Å². The average Bonchev–Trinajstić information content (AvgIpc) is 3.12. The van der Waals surface area contributed by atoms with Gasteiger partial charge >= 0.3 is 6.09 Å². The van der Waals surface area contributed by atoms with Crippen LogP contribution in [0.5, 0.6) is 0 Å². The van der Waals surface area contributed by atoms with Crippen LogP contribution in [0.2, 0.25) is 0 Å². The summed E-state index contributed by atoms with van der Waals surface area (Å²) in [4.78, 5) is 27.8. The van der Waals surface area contributed by atoms with Crippen molar-refractivity contribution < 1.29 is 27.8 Å². The number of nitrogens with zero attached hydrogens (tertiary/aromatic N) is 4. The van der Waals surface area contributed by atoms with Crippen molar-refractivity contribution in [2.45, 2.75) is 38.8 Å². The standard InChI is InChI=1S/C21H24F2N4O4/c1-13-8-25(20(29)31-12-21(3,22)23)19-6-15(4-5-18(19)27(13)14(2)28)16-7-24-26(9-16)17-10-30-11-17/h4-7,9,13,17H,8,10-12H2,1-3H3/t13-/m0/s1. The highest BCUT2D eigenvalue weighted by atomic mass is 19.3. The number of hydrogen-bond acceptors (Lipinski definition) is 5. The highest BCUT2D eigenvalue weighted by Crippen LogP contribution is 2.39. The summed E-state index contributed by atoms with van der Waals surface area (Å²) in [7, 11) is 0. The molecule has 3 heterocycles. The first-order chi connectivity index (χ1) is 14.6. The maximum atomic E-state index is 13.2. The highest BCUT2D eigenvalue weighted by Gasteiger charge is 2.36. The summed E-state index contributed by atoms with van der Waals surface area (Å²) in [5, 5.41) is 4.38. The maximum absolute atomic E-state index is 13.2. The van der Waals surface area contributed by atoms with Crippen molar-refractivity contribution in [3.63, 3.8) is 0 Å². The second-order valence-electron chi connectivity index (χ2n) is 8.08. The number of halogens is 2. The third-order valence-electron chi connectivity index (χ3n) is 5.35. The van der Waals surface area contributed by atoms with Crippen LogP contribution in [-0.4, -0.2) is 60.1 Å². The Labute approximate surface area is 178 Å². The monoisotopic (exact) mass is 434 g/mol. The van der Waals surface area contributed by atoms with E-state index < -0.39 is 18.6 Å². The zero-order valence-electron chi connectivity index (χ0n) is 17.5. The van der Waals surface area contributed by atoms with E-state index in [9.17, 15) is 18.4 Å². The second kappa shape index (κ2) is 7.92. The van der Waals surface area contributed by atoms with Gasteiger partial charge in [0.1, 0.15) is 0 Å². The van der Waals surface area contributed by atoms with Gasteiger partial charge in [-0.2, -0.15) is 5.10 Å². The van der Waals surface area contributed by atoms with Crippen LogP contribution in [0.1, 0.15) is 26.8 Å². The summed E-state index contributed by atoms with van der Waals surface area (Å²) >= 11 is 0. The number of aromatic nitrogens is 2. The predicted molar refractivity (Wildman–Crippen MR) is 109 cm³/mol. The molecule has 1 saturated heterocycles. The Balaban J connectivity index is 1.69. The number of carbonyl (C=O) groups excluding carboxylic acids is 2. The smallest absolute Gasteiger partial charge is 0.414 e. The minimum atomic E-state index is -3.13. The van der Waals surface area contributed by atoms with Gasteiger partial charge in [0.15, 0.2) is 6.61 Å². The number of benzene rings is 1. The maximum Gasteiger partial charge on any atom is 0.414 e. The van der Waals surface area contributed by atoms with Gasteiger partial charge in [0.05, 0.1) is 42.9 Å². The second-order valence-corrected chi connectivity index (χ2v) is 8.08. The molecule has 1 fully saturated rings. The number of alkyl halides is 2. The molecule has 0 unspecified atom stereocenters. The first kappa shape index (κ1) is 21.2. The van der Waals surface area contributed by atoms with Crippen molar-refractivity contribution in [2.24, 2.45) is 0 Å². The van der Waals surface area contributed by atoms with Crippen LogP contribution in [0, 0.1) is 0 Å². The minimum Gasteiger partial charge on any atom is -0.443 e. The lowest BCUT2D eigenvalue weighted by Gasteiger charge is -2.40. The first-order valence-electron chi connectivity index (χ1n) is 10.0. The molecule has 2 amide bonds. The van der Waals surface area contributed by atoms with Crippen LogP contribution in [0.15, 0.2) is 30.6 Å². The normalized spacial score (nSPS) is 19.1. The van der Waals surface area contributed by atoms with E-state index in [2.05, 4.69) is 5.10 Å². The lowest BCUT2D eigenvalue weighted by atomic mass is 10.0. The third-order valence-corrected chi connectivity index (χ3v) is 5.35. The van der Waals surface area contributed by atoms with Gasteiger partial charge in [0, 0.05) is 32.2 Å². The third kappa shape index (κ3) is 4.25. The molecule has 31 heavy (non-hydrogen) atoms. The van der Waals surface area contributed by atoms with Gasteiger partial charge in [0.2, 0.25) is 5.91 Å². The molecule has 166 valence electrons. The van der Waals surface area contributed by atoms with Crippen molar-refractivity contribution in [1.29, 1.82) is 0 Å². The Morgan fingerprint density at radius 3 is 2.61 bits per heavy atom. The van der Waals surface area contributed by atoms with Gasteiger partial charge in [-0.05, 0) is 24.6 Å². The number of carbonyl (C=O) groups is 2. The molecule has 0 N–H and O–H groups in total. The van der Waals surface area contributed by atoms with Gasteiger partial charge in [-0.25, -0.2) is 13.6 Å². The molecular formula is C21H24F2N4O4. The van der Waals surface area contributed by atoms with Crippen molar-refractivity contribution in [3.05, 3.63) is 30.6 Å². The lowest BCUT2D eigenvalue weighted by molar-refractivity contribution is -0.117. The van der Waals surface area contributed by atoms with Gasteiger partial charge < -0.3 is 14.4 Å². The van der Waals surface area contributed by atoms with E-state index in [0.29, 0.717) is 31.5 Å². The molecule has 1 aromatic carbocycles. The molecule has 0 saturated carbocycles. The molecule has 10 heteroatoms. The summed E-state index contributed by atoms with van der Waals surface area (Å²) in [6.07, 6.45) is 2.73. The highest BCUT2D eigenvalue weighted by molar-refractivity contribution is 6.03.